The normalized spacial score (nSPS) is 11.5. The third kappa shape index (κ3) is 3.80. The lowest BCUT2D eigenvalue weighted by molar-refractivity contribution is 0.867. The van der Waals surface area contributed by atoms with Crippen molar-refractivity contribution < 1.29 is 0 Å². The van der Waals surface area contributed by atoms with Crippen LogP contribution < -0.4 is 0 Å². The van der Waals surface area contributed by atoms with Crippen molar-refractivity contribution in [3.8, 4) is 5.69 Å². The van der Waals surface area contributed by atoms with Gasteiger partial charge in [-0.05, 0) is 60.0 Å². The molecule has 0 saturated heterocycles. The Bertz CT molecular complexity index is 796. The van der Waals surface area contributed by atoms with Gasteiger partial charge in [-0.1, -0.05) is 41.9 Å². The van der Waals surface area contributed by atoms with E-state index < -0.39 is 0 Å². The van der Waals surface area contributed by atoms with E-state index in [1.54, 1.807) is 0 Å². The molecule has 0 aliphatic rings. The third-order valence-corrected chi connectivity index (χ3v) is 4.32. The summed E-state index contributed by atoms with van der Waals surface area (Å²) in [6.07, 6.45) is 3.96. The summed E-state index contributed by atoms with van der Waals surface area (Å²) in [5.41, 5.74) is 4.48. The van der Waals surface area contributed by atoms with Crippen LogP contribution in [0.3, 0.4) is 0 Å². The number of aromatic nitrogens is 1. The molecule has 0 unspecified atom stereocenters. The van der Waals surface area contributed by atoms with Crippen LogP contribution >= 0.6 is 15.9 Å². The fourth-order valence-corrected chi connectivity index (χ4v) is 2.69. The van der Waals surface area contributed by atoms with E-state index in [0.717, 1.165) is 21.5 Å². The SMILES string of the molecule is CC(C)c1ccc(N=Cc2cccn2-c2ccc(Br)cc2)cc1. The summed E-state index contributed by atoms with van der Waals surface area (Å²) < 4.78 is 3.20. The molecule has 2 aromatic carbocycles. The molecule has 23 heavy (non-hydrogen) atoms. The quantitative estimate of drug-likeness (QED) is 0.495. The van der Waals surface area contributed by atoms with E-state index in [1.807, 2.05) is 30.6 Å². The molecular formula is C20H19BrN2. The highest BCUT2D eigenvalue weighted by Gasteiger charge is 2.02. The molecule has 1 heterocycles. The predicted molar refractivity (Wildman–Crippen MR) is 101 cm³/mol. The second kappa shape index (κ2) is 6.97. The van der Waals surface area contributed by atoms with Crippen molar-refractivity contribution in [1.82, 2.24) is 4.57 Å². The average Bonchev–Trinajstić information content (AvgIpc) is 3.02. The molecule has 0 radical (unpaired) electrons. The third-order valence-electron chi connectivity index (χ3n) is 3.79. The van der Waals surface area contributed by atoms with Crippen molar-refractivity contribution >= 4 is 27.8 Å². The first-order valence-electron chi connectivity index (χ1n) is 7.71. The van der Waals surface area contributed by atoms with Gasteiger partial charge in [0.2, 0.25) is 0 Å². The van der Waals surface area contributed by atoms with Gasteiger partial charge in [0.05, 0.1) is 17.6 Å². The molecule has 0 bridgehead atoms. The van der Waals surface area contributed by atoms with Gasteiger partial charge in [0.1, 0.15) is 0 Å². The first-order chi connectivity index (χ1) is 11.1. The fourth-order valence-electron chi connectivity index (χ4n) is 2.42. The van der Waals surface area contributed by atoms with E-state index >= 15 is 0 Å². The van der Waals surface area contributed by atoms with Gasteiger partial charge < -0.3 is 4.57 Å². The molecule has 3 heteroatoms. The van der Waals surface area contributed by atoms with Gasteiger partial charge in [-0.25, -0.2) is 0 Å². The van der Waals surface area contributed by atoms with E-state index in [4.69, 9.17) is 0 Å². The minimum Gasteiger partial charge on any atom is -0.316 e. The summed E-state index contributed by atoms with van der Waals surface area (Å²) in [5.74, 6) is 0.544. The minimum atomic E-state index is 0.544. The summed E-state index contributed by atoms with van der Waals surface area (Å²) in [4.78, 5) is 4.60. The number of hydrogen-bond donors (Lipinski definition) is 0. The van der Waals surface area contributed by atoms with Crippen LogP contribution in [0.4, 0.5) is 5.69 Å². The highest BCUT2D eigenvalue weighted by atomic mass is 79.9. The summed E-state index contributed by atoms with van der Waals surface area (Å²) in [7, 11) is 0. The molecule has 116 valence electrons. The van der Waals surface area contributed by atoms with E-state index in [-0.39, 0.29) is 0 Å². The second-order valence-corrected chi connectivity index (χ2v) is 6.70. The molecule has 0 amide bonds. The lowest BCUT2D eigenvalue weighted by Crippen LogP contribution is -1.97. The van der Waals surface area contributed by atoms with Crippen molar-refractivity contribution in [1.29, 1.82) is 0 Å². The molecule has 0 N–H and O–H groups in total. The Kier molecular flexibility index (Phi) is 4.77. The van der Waals surface area contributed by atoms with Crippen molar-refractivity contribution in [2.75, 3.05) is 0 Å². The van der Waals surface area contributed by atoms with Crippen molar-refractivity contribution in [2.45, 2.75) is 19.8 Å². The summed E-state index contributed by atoms with van der Waals surface area (Å²) in [6.45, 7) is 4.40. The maximum Gasteiger partial charge on any atom is 0.0639 e. The largest absolute Gasteiger partial charge is 0.316 e. The zero-order chi connectivity index (χ0) is 16.2. The van der Waals surface area contributed by atoms with Gasteiger partial charge in [0.25, 0.3) is 0 Å². The lowest BCUT2D eigenvalue weighted by atomic mass is 10.0. The maximum absolute atomic E-state index is 4.60. The van der Waals surface area contributed by atoms with E-state index in [0.29, 0.717) is 5.92 Å². The molecule has 3 aromatic rings. The smallest absolute Gasteiger partial charge is 0.0639 e. The number of hydrogen-bond acceptors (Lipinski definition) is 1. The molecule has 3 rings (SSSR count). The molecule has 1 aromatic heterocycles. The number of nitrogens with zero attached hydrogens (tertiary/aromatic N) is 2. The summed E-state index contributed by atoms with van der Waals surface area (Å²) >= 11 is 3.47. The Balaban J connectivity index is 1.83. The van der Waals surface area contributed by atoms with Crippen molar-refractivity contribution in [3.05, 3.63) is 82.6 Å². The zero-order valence-electron chi connectivity index (χ0n) is 13.3. The van der Waals surface area contributed by atoms with Crippen molar-refractivity contribution in [3.63, 3.8) is 0 Å². The molecule has 0 aliphatic heterocycles. The first-order valence-corrected chi connectivity index (χ1v) is 8.50. The Morgan fingerprint density at radius 1 is 0.957 bits per heavy atom. The van der Waals surface area contributed by atoms with E-state index in [2.05, 4.69) is 81.8 Å². The van der Waals surface area contributed by atoms with Crippen molar-refractivity contribution in [2.24, 2.45) is 4.99 Å². The predicted octanol–water partition coefficient (Wildman–Crippen LogP) is 6.11. The standard InChI is InChI=1S/C20H19BrN2/c1-15(2)16-5-9-18(10-6-16)22-14-20-4-3-13-23(20)19-11-7-17(21)8-12-19/h3-15H,1-2H3. The first kappa shape index (κ1) is 15.8. The van der Waals surface area contributed by atoms with Crippen LogP contribution in [0, 0.1) is 0 Å². The van der Waals surface area contributed by atoms with Crippen LogP contribution in [0.15, 0.2) is 76.3 Å². The molecule has 0 spiro atoms. The second-order valence-electron chi connectivity index (χ2n) is 5.78. The minimum absolute atomic E-state index is 0.544. The molecular weight excluding hydrogens is 348 g/mol. The highest BCUT2D eigenvalue weighted by molar-refractivity contribution is 9.10. The molecule has 0 aliphatic carbocycles. The fraction of sp³-hybridized carbons (Fsp3) is 0.150. The number of rotatable bonds is 4. The van der Waals surface area contributed by atoms with Crippen LogP contribution in [0.5, 0.6) is 0 Å². The molecule has 0 fully saturated rings. The number of benzene rings is 2. The lowest BCUT2D eigenvalue weighted by Gasteiger charge is -2.07. The number of aliphatic imine (C=N–C) groups is 1. The van der Waals surface area contributed by atoms with E-state index in [1.165, 1.54) is 5.56 Å². The molecule has 0 saturated carbocycles. The van der Waals surface area contributed by atoms with Gasteiger partial charge in [-0.2, -0.15) is 0 Å². The Hall–Kier alpha value is -2.13. The topological polar surface area (TPSA) is 17.3 Å². The monoisotopic (exact) mass is 366 g/mol. The summed E-state index contributed by atoms with van der Waals surface area (Å²) in [6, 6.07) is 20.8. The van der Waals surface area contributed by atoms with Gasteiger partial charge in [-0.15, -0.1) is 0 Å². The molecule has 2 nitrogen and oxygen atoms in total. The van der Waals surface area contributed by atoms with Crippen LogP contribution in [-0.4, -0.2) is 10.8 Å². The van der Waals surface area contributed by atoms with Gasteiger partial charge >= 0.3 is 0 Å². The zero-order valence-corrected chi connectivity index (χ0v) is 14.9. The Morgan fingerprint density at radius 2 is 1.65 bits per heavy atom. The van der Waals surface area contributed by atoms with Gasteiger partial charge in [-0.3, -0.25) is 4.99 Å². The highest BCUT2D eigenvalue weighted by Crippen LogP contribution is 2.20. The van der Waals surface area contributed by atoms with E-state index in [9.17, 15) is 0 Å². The maximum atomic E-state index is 4.60. The summed E-state index contributed by atoms with van der Waals surface area (Å²) in [5, 5.41) is 0. The molecule has 0 atom stereocenters. The Morgan fingerprint density at radius 3 is 2.30 bits per heavy atom. The Labute approximate surface area is 145 Å². The van der Waals surface area contributed by atoms with Crippen LogP contribution in [0.2, 0.25) is 0 Å². The van der Waals surface area contributed by atoms with Crippen LogP contribution in [0.1, 0.15) is 31.0 Å². The van der Waals surface area contributed by atoms with Crippen LogP contribution in [-0.2, 0) is 0 Å². The van der Waals surface area contributed by atoms with Gasteiger partial charge in [0, 0.05) is 16.4 Å². The van der Waals surface area contributed by atoms with Crippen LogP contribution in [0.25, 0.3) is 5.69 Å². The van der Waals surface area contributed by atoms with Gasteiger partial charge in [0.15, 0.2) is 0 Å². The average molecular weight is 367 g/mol. The number of halogens is 1.